The molecule has 0 spiro atoms. The van der Waals surface area contributed by atoms with Crippen molar-refractivity contribution in [2.75, 3.05) is 0 Å². The van der Waals surface area contributed by atoms with E-state index in [2.05, 4.69) is 4.98 Å². The van der Waals surface area contributed by atoms with Crippen molar-refractivity contribution in [2.45, 2.75) is 39.5 Å². The molecule has 0 saturated carbocycles. The van der Waals surface area contributed by atoms with E-state index >= 15 is 0 Å². The van der Waals surface area contributed by atoms with Gasteiger partial charge in [0.2, 0.25) is 0 Å². The molecule has 0 radical (unpaired) electrons. The Bertz CT molecular complexity index is 503. The van der Waals surface area contributed by atoms with Crippen LogP contribution in [-0.4, -0.2) is 21.9 Å². The minimum Gasteiger partial charge on any atom is -0.347 e. The van der Waals surface area contributed by atoms with Crippen LogP contribution in [0.5, 0.6) is 0 Å². The average molecular weight is 240 g/mol. The lowest BCUT2D eigenvalue weighted by Gasteiger charge is -2.19. The Labute approximate surface area is 98.2 Å². The number of aromatic amines is 1. The molecule has 1 aromatic heterocycles. The monoisotopic (exact) mass is 240 g/mol. The molecule has 94 valence electrons. The third-order valence-corrected chi connectivity index (χ3v) is 2.46. The van der Waals surface area contributed by atoms with Crippen LogP contribution in [0.2, 0.25) is 0 Å². The molecule has 0 aliphatic carbocycles. The van der Waals surface area contributed by atoms with Gasteiger partial charge in [-0.15, -0.1) is 0 Å². The van der Waals surface area contributed by atoms with Crippen LogP contribution in [0.3, 0.4) is 0 Å². The van der Waals surface area contributed by atoms with E-state index < -0.39 is 23.6 Å². The number of H-pyrrole nitrogens is 1. The largest absolute Gasteiger partial charge is 0.347 e. The number of carbonyl (C=O) groups is 1. The van der Waals surface area contributed by atoms with Crippen molar-refractivity contribution in [1.29, 1.82) is 0 Å². The van der Waals surface area contributed by atoms with E-state index in [0.717, 1.165) is 0 Å². The van der Waals surface area contributed by atoms with E-state index in [4.69, 9.17) is 4.74 Å². The van der Waals surface area contributed by atoms with Gasteiger partial charge in [-0.25, -0.2) is 4.79 Å². The summed E-state index contributed by atoms with van der Waals surface area (Å²) in [6.07, 6.45) is 1.49. The standard InChI is InChI=1S/C11H16N2O4/c1-4-9(6-14)17-8(3)13-5-7(2)10(15)12-11(13)16/h5-6,8-9H,4H2,1-3H3,(H,12,15,16)/t8-,9-/m1/s1. The van der Waals surface area contributed by atoms with Gasteiger partial charge in [0, 0.05) is 11.8 Å². The average Bonchev–Trinajstić information content (AvgIpc) is 2.30. The van der Waals surface area contributed by atoms with E-state index in [1.165, 1.54) is 10.8 Å². The molecule has 0 aliphatic rings. The van der Waals surface area contributed by atoms with Crippen molar-refractivity contribution in [3.05, 3.63) is 32.6 Å². The normalized spacial score (nSPS) is 14.3. The van der Waals surface area contributed by atoms with E-state index in [1.807, 2.05) is 6.92 Å². The number of ether oxygens (including phenoxy) is 1. The lowest BCUT2D eigenvalue weighted by atomic mass is 10.3. The first kappa shape index (κ1) is 13.4. The molecular weight excluding hydrogens is 224 g/mol. The fraction of sp³-hybridized carbons (Fsp3) is 0.545. The summed E-state index contributed by atoms with van der Waals surface area (Å²) in [5.41, 5.74) is -0.547. The number of aldehydes is 1. The molecule has 0 bridgehead atoms. The Morgan fingerprint density at radius 2 is 2.18 bits per heavy atom. The highest BCUT2D eigenvalue weighted by atomic mass is 16.5. The van der Waals surface area contributed by atoms with E-state index in [0.29, 0.717) is 18.3 Å². The number of rotatable bonds is 5. The molecule has 17 heavy (non-hydrogen) atoms. The zero-order chi connectivity index (χ0) is 13.0. The first-order chi connectivity index (χ1) is 7.99. The third-order valence-electron chi connectivity index (χ3n) is 2.46. The summed E-state index contributed by atoms with van der Waals surface area (Å²) in [4.78, 5) is 35.5. The number of carbonyl (C=O) groups excluding carboxylic acids is 1. The second kappa shape index (κ2) is 5.58. The predicted octanol–water partition coefficient (Wildman–Crippen LogP) is 0.358. The lowest BCUT2D eigenvalue weighted by Crippen LogP contribution is -2.34. The van der Waals surface area contributed by atoms with Crippen molar-refractivity contribution >= 4 is 6.29 Å². The maximum atomic E-state index is 11.5. The summed E-state index contributed by atoms with van der Waals surface area (Å²) in [7, 11) is 0. The molecule has 1 heterocycles. The molecule has 0 saturated heterocycles. The van der Waals surface area contributed by atoms with Crippen LogP contribution in [0.1, 0.15) is 32.1 Å². The molecule has 2 atom stereocenters. The first-order valence-electron chi connectivity index (χ1n) is 5.42. The second-order valence-electron chi connectivity index (χ2n) is 3.80. The second-order valence-corrected chi connectivity index (χ2v) is 3.80. The molecule has 1 N–H and O–H groups in total. The van der Waals surface area contributed by atoms with Gasteiger partial charge >= 0.3 is 5.69 Å². The van der Waals surface area contributed by atoms with Crippen LogP contribution in [0, 0.1) is 6.92 Å². The highest BCUT2D eigenvalue weighted by Crippen LogP contribution is 2.08. The van der Waals surface area contributed by atoms with Gasteiger partial charge in [-0.2, -0.15) is 0 Å². The fourth-order valence-electron chi connectivity index (χ4n) is 1.40. The molecule has 6 nitrogen and oxygen atoms in total. The highest BCUT2D eigenvalue weighted by molar-refractivity contribution is 5.55. The zero-order valence-electron chi connectivity index (χ0n) is 10.1. The van der Waals surface area contributed by atoms with Gasteiger partial charge in [0.15, 0.2) is 0 Å². The summed E-state index contributed by atoms with van der Waals surface area (Å²) in [6.45, 7) is 5.05. The Balaban J connectivity index is 3.00. The summed E-state index contributed by atoms with van der Waals surface area (Å²) in [5, 5.41) is 0. The van der Waals surface area contributed by atoms with Crippen LogP contribution in [-0.2, 0) is 9.53 Å². The smallest absolute Gasteiger partial charge is 0.330 e. The third kappa shape index (κ3) is 3.13. The molecule has 6 heteroatoms. The zero-order valence-corrected chi connectivity index (χ0v) is 10.1. The summed E-state index contributed by atoms with van der Waals surface area (Å²) in [6, 6.07) is 0. The van der Waals surface area contributed by atoms with Crippen molar-refractivity contribution in [1.82, 2.24) is 9.55 Å². The Hall–Kier alpha value is -1.69. The first-order valence-corrected chi connectivity index (χ1v) is 5.42. The summed E-state index contributed by atoms with van der Waals surface area (Å²) < 4.78 is 6.64. The summed E-state index contributed by atoms with van der Waals surface area (Å²) in [5.74, 6) is 0. The maximum absolute atomic E-state index is 11.5. The van der Waals surface area contributed by atoms with Crippen molar-refractivity contribution in [2.24, 2.45) is 0 Å². The fourth-order valence-corrected chi connectivity index (χ4v) is 1.40. The van der Waals surface area contributed by atoms with Crippen molar-refractivity contribution in [3.63, 3.8) is 0 Å². The maximum Gasteiger partial charge on any atom is 0.330 e. The molecule has 0 amide bonds. The predicted molar refractivity (Wildman–Crippen MR) is 62.0 cm³/mol. The molecule has 1 rings (SSSR count). The Morgan fingerprint density at radius 3 is 2.71 bits per heavy atom. The van der Waals surface area contributed by atoms with Crippen LogP contribution in [0.25, 0.3) is 0 Å². The Kier molecular flexibility index (Phi) is 4.39. The lowest BCUT2D eigenvalue weighted by molar-refractivity contribution is -0.125. The summed E-state index contributed by atoms with van der Waals surface area (Å²) >= 11 is 0. The Morgan fingerprint density at radius 1 is 1.53 bits per heavy atom. The minimum absolute atomic E-state index is 0.416. The highest BCUT2D eigenvalue weighted by Gasteiger charge is 2.13. The van der Waals surface area contributed by atoms with E-state index in [9.17, 15) is 14.4 Å². The van der Waals surface area contributed by atoms with Crippen molar-refractivity contribution in [3.8, 4) is 0 Å². The number of nitrogens with zero attached hydrogens (tertiary/aromatic N) is 1. The van der Waals surface area contributed by atoms with Gasteiger partial charge in [0.25, 0.3) is 5.56 Å². The SMILES string of the molecule is CC[C@H](C=O)O[C@H](C)n1cc(C)c(=O)[nH]c1=O. The van der Waals surface area contributed by atoms with E-state index in [1.54, 1.807) is 13.8 Å². The molecule has 0 unspecified atom stereocenters. The van der Waals surface area contributed by atoms with E-state index in [-0.39, 0.29) is 0 Å². The topological polar surface area (TPSA) is 81.2 Å². The van der Waals surface area contributed by atoms with Gasteiger partial charge < -0.3 is 9.53 Å². The molecule has 0 aromatic carbocycles. The molecule has 1 aromatic rings. The molecular formula is C11H16N2O4. The van der Waals surface area contributed by atoms with Gasteiger partial charge in [0.05, 0.1) is 0 Å². The number of hydrogen-bond donors (Lipinski definition) is 1. The number of hydrogen-bond acceptors (Lipinski definition) is 4. The number of nitrogens with one attached hydrogen (secondary N) is 1. The van der Waals surface area contributed by atoms with Crippen LogP contribution in [0.4, 0.5) is 0 Å². The number of aryl methyl sites for hydroxylation is 1. The van der Waals surface area contributed by atoms with Crippen LogP contribution in [0.15, 0.2) is 15.8 Å². The van der Waals surface area contributed by atoms with Crippen molar-refractivity contribution < 1.29 is 9.53 Å². The van der Waals surface area contributed by atoms with Gasteiger partial charge in [-0.3, -0.25) is 14.3 Å². The molecule has 0 aliphatic heterocycles. The molecule has 0 fully saturated rings. The number of aromatic nitrogens is 2. The van der Waals surface area contributed by atoms with Gasteiger partial charge in [-0.1, -0.05) is 6.92 Å². The van der Waals surface area contributed by atoms with Crippen LogP contribution < -0.4 is 11.2 Å². The van der Waals surface area contributed by atoms with Gasteiger partial charge in [-0.05, 0) is 20.3 Å². The van der Waals surface area contributed by atoms with Gasteiger partial charge in [0.1, 0.15) is 18.6 Å². The van der Waals surface area contributed by atoms with Crippen LogP contribution >= 0.6 is 0 Å². The minimum atomic E-state index is -0.604. The quantitative estimate of drug-likeness (QED) is 0.753.